The lowest BCUT2D eigenvalue weighted by Gasteiger charge is -2.29. The maximum absolute atomic E-state index is 12.6. The predicted octanol–water partition coefficient (Wildman–Crippen LogP) is 3.40. The molecule has 1 rings (SSSR count). The van der Waals surface area contributed by atoms with Crippen LogP contribution in [-0.2, 0) is 6.42 Å². The van der Waals surface area contributed by atoms with Crippen LogP contribution >= 0.6 is 0 Å². The summed E-state index contributed by atoms with van der Waals surface area (Å²) in [5.41, 5.74) is -0.725. The van der Waals surface area contributed by atoms with Crippen molar-refractivity contribution in [3.8, 4) is 0 Å². The van der Waals surface area contributed by atoms with Crippen LogP contribution in [0.3, 0.4) is 0 Å². The summed E-state index contributed by atoms with van der Waals surface area (Å²) in [6.45, 7) is 4.14. The topological polar surface area (TPSA) is 24.9 Å². The number of alkyl halides is 3. The van der Waals surface area contributed by atoms with Gasteiger partial charge in [-0.2, -0.15) is 13.2 Å². The fourth-order valence-electron chi connectivity index (χ4n) is 1.14. The molecule has 90 valence electrons. The van der Waals surface area contributed by atoms with Gasteiger partial charge in [0.2, 0.25) is 0 Å². The molecule has 5 heteroatoms. The summed E-state index contributed by atoms with van der Waals surface area (Å²) in [4.78, 5) is 4.03. The number of rotatable bonds is 3. The number of pyridine rings is 1. The van der Waals surface area contributed by atoms with Gasteiger partial charge in [0.25, 0.3) is 0 Å². The average Bonchev–Trinajstić information content (AvgIpc) is 2.16. The normalized spacial score (nSPS) is 12.6. The lowest BCUT2D eigenvalue weighted by Crippen LogP contribution is -2.46. The van der Waals surface area contributed by atoms with Gasteiger partial charge in [0, 0.05) is 5.69 Å². The highest BCUT2D eigenvalue weighted by Crippen LogP contribution is 2.32. The fraction of sp³-hybridized carbons (Fsp3) is 0.545. The molecule has 0 fully saturated rings. The monoisotopic (exact) mass is 232 g/mol. The van der Waals surface area contributed by atoms with Crippen molar-refractivity contribution in [2.24, 2.45) is 0 Å². The molecule has 2 nitrogen and oxygen atoms in total. The Hall–Kier alpha value is -1.26. The standard InChI is InChI=1S/C11H15F3N2/c1-4-8-5-6-9(7-15-8)16-10(2,3)11(12,13)14/h5-7,16H,4H2,1-3H3. The van der Waals surface area contributed by atoms with Gasteiger partial charge >= 0.3 is 6.18 Å². The number of aryl methyl sites for hydroxylation is 1. The van der Waals surface area contributed by atoms with Crippen molar-refractivity contribution in [1.29, 1.82) is 0 Å². The van der Waals surface area contributed by atoms with Gasteiger partial charge in [-0.1, -0.05) is 6.92 Å². The van der Waals surface area contributed by atoms with Crippen LogP contribution in [0.5, 0.6) is 0 Å². The van der Waals surface area contributed by atoms with Gasteiger partial charge in [-0.25, -0.2) is 0 Å². The molecule has 0 aliphatic rings. The second kappa shape index (κ2) is 4.31. The van der Waals surface area contributed by atoms with Gasteiger partial charge in [0.15, 0.2) is 0 Å². The minimum atomic E-state index is -4.30. The second-order valence-corrected chi connectivity index (χ2v) is 4.14. The zero-order chi connectivity index (χ0) is 12.4. The minimum absolute atomic E-state index is 0.375. The molecule has 0 saturated heterocycles. The molecule has 0 aliphatic heterocycles. The van der Waals surface area contributed by atoms with Gasteiger partial charge in [-0.15, -0.1) is 0 Å². The molecule has 1 aromatic rings. The Balaban J connectivity index is 2.80. The summed E-state index contributed by atoms with van der Waals surface area (Å²) in [6, 6.07) is 3.33. The van der Waals surface area contributed by atoms with Crippen LogP contribution in [0.1, 0.15) is 26.5 Å². The van der Waals surface area contributed by atoms with Crippen LogP contribution in [0.25, 0.3) is 0 Å². The van der Waals surface area contributed by atoms with E-state index >= 15 is 0 Å². The summed E-state index contributed by atoms with van der Waals surface area (Å²) in [5.74, 6) is 0. The number of hydrogen-bond donors (Lipinski definition) is 1. The molecule has 0 atom stereocenters. The molecule has 0 amide bonds. The van der Waals surface area contributed by atoms with Gasteiger partial charge in [0.1, 0.15) is 5.54 Å². The molecule has 0 bridgehead atoms. The number of aromatic nitrogens is 1. The molecule has 0 unspecified atom stereocenters. The summed E-state index contributed by atoms with van der Waals surface area (Å²) in [7, 11) is 0. The van der Waals surface area contributed by atoms with Crippen molar-refractivity contribution in [3.05, 3.63) is 24.0 Å². The van der Waals surface area contributed by atoms with E-state index in [1.165, 1.54) is 6.20 Å². The molecular weight excluding hydrogens is 217 g/mol. The Bertz CT molecular complexity index is 341. The van der Waals surface area contributed by atoms with Gasteiger partial charge in [0.05, 0.1) is 11.9 Å². The number of nitrogens with zero attached hydrogens (tertiary/aromatic N) is 1. The molecule has 1 aromatic heterocycles. The van der Waals surface area contributed by atoms with E-state index in [2.05, 4.69) is 10.3 Å². The van der Waals surface area contributed by atoms with Crippen LogP contribution in [0.15, 0.2) is 18.3 Å². The third-order valence-corrected chi connectivity index (χ3v) is 2.35. The lowest BCUT2D eigenvalue weighted by atomic mass is 10.0. The lowest BCUT2D eigenvalue weighted by molar-refractivity contribution is -0.168. The van der Waals surface area contributed by atoms with E-state index in [4.69, 9.17) is 0 Å². The first-order valence-corrected chi connectivity index (χ1v) is 5.06. The van der Waals surface area contributed by atoms with Gasteiger partial charge in [-0.05, 0) is 32.4 Å². The predicted molar refractivity (Wildman–Crippen MR) is 57.4 cm³/mol. The van der Waals surface area contributed by atoms with E-state index in [1.807, 2.05) is 6.92 Å². The number of anilines is 1. The summed E-state index contributed by atoms with van der Waals surface area (Å²) >= 11 is 0. The van der Waals surface area contributed by atoms with Crippen molar-refractivity contribution in [2.45, 2.75) is 38.9 Å². The number of halogens is 3. The molecule has 16 heavy (non-hydrogen) atoms. The summed E-state index contributed by atoms with van der Waals surface area (Å²) in [5, 5.41) is 2.42. The van der Waals surface area contributed by atoms with Gasteiger partial charge < -0.3 is 5.32 Å². The zero-order valence-corrected chi connectivity index (χ0v) is 9.52. The molecule has 0 radical (unpaired) electrons. The molecular formula is C11H15F3N2. The van der Waals surface area contributed by atoms with Crippen molar-refractivity contribution in [2.75, 3.05) is 5.32 Å². The van der Waals surface area contributed by atoms with Crippen LogP contribution in [0, 0.1) is 0 Å². The summed E-state index contributed by atoms with van der Waals surface area (Å²) < 4.78 is 37.7. The van der Waals surface area contributed by atoms with Crippen LogP contribution in [0.2, 0.25) is 0 Å². The van der Waals surface area contributed by atoms with E-state index in [0.29, 0.717) is 5.69 Å². The van der Waals surface area contributed by atoms with Crippen LogP contribution < -0.4 is 5.32 Å². The maximum Gasteiger partial charge on any atom is 0.410 e. The fourth-order valence-corrected chi connectivity index (χ4v) is 1.14. The van der Waals surface area contributed by atoms with E-state index in [-0.39, 0.29) is 0 Å². The zero-order valence-electron chi connectivity index (χ0n) is 9.52. The number of nitrogens with one attached hydrogen (secondary N) is 1. The SMILES string of the molecule is CCc1ccc(NC(C)(C)C(F)(F)F)cn1. The highest BCUT2D eigenvalue weighted by atomic mass is 19.4. The van der Waals surface area contributed by atoms with E-state index in [9.17, 15) is 13.2 Å². The molecule has 0 aliphatic carbocycles. The van der Waals surface area contributed by atoms with Crippen molar-refractivity contribution in [3.63, 3.8) is 0 Å². The minimum Gasteiger partial charge on any atom is -0.371 e. The Morgan fingerprint density at radius 3 is 2.25 bits per heavy atom. The van der Waals surface area contributed by atoms with E-state index in [1.54, 1.807) is 12.1 Å². The van der Waals surface area contributed by atoms with Crippen molar-refractivity contribution in [1.82, 2.24) is 4.98 Å². The summed E-state index contributed by atoms with van der Waals surface area (Å²) in [6.07, 6.45) is -2.11. The molecule has 0 saturated carbocycles. The average molecular weight is 232 g/mol. The molecule has 1 heterocycles. The third-order valence-electron chi connectivity index (χ3n) is 2.35. The Morgan fingerprint density at radius 1 is 1.25 bits per heavy atom. The maximum atomic E-state index is 12.6. The second-order valence-electron chi connectivity index (χ2n) is 4.14. The van der Waals surface area contributed by atoms with Crippen molar-refractivity contribution < 1.29 is 13.2 Å². The van der Waals surface area contributed by atoms with Crippen molar-refractivity contribution >= 4 is 5.69 Å². The Kier molecular flexibility index (Phi) is 3.45. The molecule has 1 N–H and O–H groups in total. The van der Waals surface area contributed by atoms with Crippen LogP contribution in [0.4, 0.5) is 18.9 Å². The molecule has 0 aromatic carbocycles. The first kappa shape index (κ1) is 12.8. The third kappa shape index (κ3) is 2.87. The quantitative estimate of drug-likeness (QED) is 0.864. The Labute approximate surface area is 92.9 Å². The number of hydrogen-bond acceptors (Lipinski definition) is 2. The highest BCUT2D eigenvalue weighted by Gasteiger charge is 2.47. The van der Waals surface area contributed by atoms with E-state index in [0.717, 1.165) is 26.0 Å². The first-order valence-electron chi connectivity index (χ1n) is 5.06. The first-order chi connectivity index (χ1) is 7.26. The molecule has 0 spiro atoms. The van der Waals surface area contributed by atoms with Gasteiger partial charge in [-0.3, -0.25) is 4.98 Å². The largest absolute Gasteiger partial charge is 0.410 e. The Morgan fingerprint density at radius 2 is 1.88 bits per heavy atom. The highest BCUT2D eigenvalue weighted by molar-refractivity contribution is 5.43. The van der Waals surface area contributed by atoms with E-state index < -0.39 is 11.7 Å². The smallest absolute Gasteiger partial charge is 0.371 e. The van der Waals surface area contributed by atoms with Crippen LogP contribution in [-0.4, -0.2) is 16.7 Å².